The first-order valence-corrected chi connectivity index (χ1v) is 5.83. The number of nitrogens with one attached hydrogen (secondary N) is 1. The standard InChI is InChI=1S/C11H12INO2/c1-8(14)13-11(6-15-7-11)9-2-4-10(12)5-3-9/h2-5H,6-7H2,1H3,(H,13,14). The lowest BCUT2D eigenvalue weighted by molar-refractivity contribution is -0.131. The van der Waals surface area contributed by atoms with Crippen LogP contribution < -0.4 is 5.32 Å². The fraction of sp³-hybridized carbons (Fsp3) is 0.364. The lowest BCUT2D eigenvalue weighted by Gasteiger charge is -2.42. The topological polar surface area (TPSA) is 38.3 Å². The van der Waals surface area contributed by atoms with Gasteiger partial charge < -0.3 is 10.1 Å². The molecule has 1 heterocycles. The molecular weight excluding hydrogens is 305 g/mol. The van der Waals surface area contributed by atoms with Gasteiger partial charge in [-0.25, -0.2) is 0 Å². The molecule has 1 saturated heterocycles. The van der Waals surface area contributed by atoms with Crippen molar-refractivity contribution in [3.05, 3.63) is 33.4 Å². The van der Waals surface area contributed by atoms with Crippen molar-refractivity contribution in [2.24, 2.45) is 0 Å². The zero-order chi connectivity index (χ0) is 10.9. The second kappa shape index (κ2) is 4.09. The molecule has 80 valence electrons. The lowest BCUT2D eigenvalue weighted by Crippen LogP contribution is -2.58. The van der Waals surface area contributed by atoms with E-state index in [9.17, 15) is 4.79 Å². The number of halogens is 1. The summed E-state index contributed by atoms with van der Waals surface area (Å²) in [5.74, 6) is -0.0168. The van der Waals surface area contributed by atoms with Crippen molar-refractivity contribution in [1.82, 2.24) is 5.32 Å². The molecule has 0 aromatic heterocycles. The van der Waals surface area contributed by atoms with Crippen LogP contribution >= 0.6 is 22.6 Å². The molecule has 1 aliphatic heterocycles. The van der Waals surface area contributed by atoms with Gasteiger partial charge >= 0.3 is 0 Å². The van der Waals surface area contributed by atoms with E-state index in [4.69, 9.17) is 4.74 Å². The minimum atomic E-state index is -0.295. The van der Waals surface area contributed by atoms with Gasteiger partial charge in [0.2, 0.25) is 5.91 Å². The smallest absolute Gasteiger partial charge is 0.217 e. The van der Waals surface area contributed by atoms with E-state index in [1.165, 1.54) is 10.5 Å². The summed E-state index contributed by atoms with van der Waals surface area (Å²) in [6.07, 6.45) is 0. The summed E-state index contributed by atoms with van der Waals surface area (Å²) < 4.78 is 6.40. The molecule has 15 heavy (non-hydrogen) atoms. The molecule has 1 N–H and O–H groups in total. The highest BCUT2D eigenvalue weighted by atomic mass is 127. The number of carbonyl (C=O) groups excluding carboxylic acids is 1. The molecule has 0 radical (unpaired) electrons. The quantitative estimate of drug-likeness (QED) is 0.843. The second-order valence-corrected chi connectivity index (χ2v) is 5.01. The number of carbonyl (C=O) groups is 1. The Hall–Kier alpha value is -0.620. The highest BCUT2D eigenvalue weighted by Crippen LogP contribution is 2.29. The largest absolute Gasteiger partial charge is 0.376 e. The van der Waals surface area contributed by atoms with Gasteiger partial charge in [0, 0.05) is 10.5 Å². The van der Waals surface area contributed by atoms with E-state index >= 15 is 0 Å². The van der Waals surface area contributed by atoms with Gasteiger partial charge in [0.15, 0.2) is 0 Å². The van der Waals surface area contributed by atoms with Gasteiger partial charge in [-0.15, -0.1) is 0 Å². The summed E-state index contributed by atoms with van der Waals surface area (Å²) in [5, 5.41) is 2.96. The third kappa shape index (κ3) is 2.15. The van der Waals surface area contributed by atoms with Crippen LogP contribution in [0.5, 0.6) is 0 Å². The Morgan fingerprint density at radius 1 is 1.40 bits per heavy atom. The van der Waals surface area contributed by atoms with Gasteiger partial charge in [-0.05, 0) is 40.3 Å². The van der Waals surface area contributed by atoms with E-state index < -0.39 is 0 Å². The summed E-state index contributed by atoms with van der Waals surface area (Å²) in [4.78, 5) is 11.1. The molecule has 1 amide bonds. The first kappa shape index (κ1) is 10.9. The predicted molar refractivity (Wildman–Crippen MR) is 65.5 cm³/mol. The van der Waals surface area contributed by atoms with Crippen LogP contribution in [0.2, 0.25) is 0 Å². The fourth-order valence-corrected chi connectivity index (χ4v) is 2.08. The fourth-order valence-electron chi connectivity index (χ4n) is 1.72. The maximum absolute atomic E-state index is 11.1. The first-order chi connectivity index (χ1) is 7.12. The summed E-state index contributed by atoms with van der Waals surface area (Å²) in [5.41, 5.74) is 0.820. The van der Waals surface area contributed by atoms with Gasteiger partial charge in [0.1, 0.15) is 5.54 Å². The summed E-state index contributed by atoms with van der Waals surface area (Å²) >= 11 is 2.26. The maximum atomic E-state index is 11.1. The Balaban J connectivity index is 2.26. The zero-order valence-corrected chi connectivity index (χ0v) is 10.6. The highest BCUT2D eigenvalue weighted by molar-refractivity contribution is 14.1. The van der Waals surface area contributed by atoms with Gasteiger partial charge in [-0.3, -0.25) is 4.79 Å². The first-order valence-electron chi connectivity index (χ1n) is 4.75. The van der Waals surface area contributed by atoms with Crippen molar-refractivity contribution in [2.45, 2.75) is 12.5 Å². The van der Waals surface area contributed by atoms with Crippen molar-refractivity contribution in [3.63, 3.8) is 0 Å². The Morgan fingerprint density at radius 3 is 2.40 bits per heavy atom. The molecule has 1 fully saturated rings. The lowest BCUT2D eigenvalue weighted by atomic mass is 9.88. The Morgan fingerprint density at radius 2 is 2.00 bits per heavy atom. The third-order valence-electron chi connectivity index (χ3n) is 2.51. The molecule has 0 spiro atoms. The molecule has 0 atom stereocenters. The van der Waals surface area contributed by atoms with Crippen LogP contribution in [0.3, 0.4) is 0 Å². The summed E-state index contributed by atoms with van der Waals surface area (Å²) in [6.45, 7) is 2.66. The molecule has 2 rings (SSSR count). The molecule has 0 bridgehead atoms. The summed E-state index contributed by atoms with van der Waals surface area (Å²) in [7, 11) is 0. The molecule has 0 unspecified atom stereocenters. The molecule has 1 aromatic carbocycles. The van der Waals surface area contributed by atoms with Crippen LogP contribution in [-0.2, 0) is 15.1 Å². The number of hydrogen-bond donors (Lipinski definition) is 1. The van der Waals surface area contributed by atoms with Crippen LogP contribution in [0, 0.1) is 3.57 Å². The van der Waals surface area contributed by atoms with Crippen LogP contribution in [0.1, 0.15) is 12.5 Å². The Bertz CT molecular complexity index is 371. The SMILES string of the molecule is CC(=O)NC1(c2ccc(I)cc2)COC1. The van der Waals surface area contributed by atoms with Crippen LogP contribution in [-0.4, -0.2) is 19.1 Å². The average Bonchev–Trinajstić information content (AvgIpc) is 2.13. The van der Waals surface area contributed by atoms with E-state index in [0.29, 0.717) is 13.2 Å². The number of benzene rings is 1. The predicted octanol–water partition coefficient (Wildman–Crippen LogP) is 1.65. The third-order valence-corrected chi connectivity index (χ3v) is 3.23. The maximum Gasteiger partial charge on any atom is 0.217 e. The highest BCUT2D eigenvalue weighted by Gasteiger charge is 2.40. The molecule has 1 aromatic rings. The average molecular weight is 317 g/mol. The minimum Gasteiger partial charge on any atom is -0.376 e. The monoisotopic (exact) mass is 317 g/mol. The number of ether oxygens (including phenoxy) is 1. The Labute approximate surface area is 102 Å². The molecular formula is C11H12INO2. The molecule has 4 heteroatoms. The number of hydrogen-bond acceptors (Lipinski definition) is 2. The van der Waals surface area contributed by atoms with Crippen LogP contribution in [0.25, 0.3) is 0 Å². The van der Waals surface area contributed by atoms with Gasteiger partial charge in [-0.1, -0.05) is 12.1 Å². The Kier molecular flexibility index (Phi) is 2.97. The van der Waals surface area contributed by atoms with Crippen LogP contribution in [0.15, 0.2) is 24.3 Å². The molecule has 0 aliphatic carbocycles. The second-order valence-electron chi connectivity index (χ2n) is 3.76. The van der Waals surface area contributed by atoms with E-state index in [1.54, 1.807) is 0 Å². The van der Waals surface area contributed by atoms with Crippen molar-refractivity contribution in [2.75, 3.05) is 13.2 Å². The number of rotatable bonds is 2. The van der Waals surface area contributed by atoms with Crippen molar-refractivity contribution >= 4 is 28.5 Å². The zero-order valence-electron chi connectivity index (χ0n) is 8.42. The normalized spacial score (nSPS) is 18.0. The molecule has 1 aliphatic rings. The van der Waals surface area contributed by atoms with E-state index in [-0.39, 0.29) is 11.4 Å². The van der Waals surface area contributed by atoms with Crippen molar-refractivity contribution < 1.29 is 9.53 Å². The minimum absolute atomic E-state index is 0.0168. The van der Waals surface area contributed by atoms with E-state index in [1.807, 2.05) is 24.3 Å². The van der Waals surface area contributed by atoms with Crippen LogP contribution in [0.4, 0.5) is 0 Å². The number of amides is 1. The van der Waals surface area contributed by atoms with Gasteiger partial charge in [0.25, 0.3) is 0 Å². The van der Waals surface area contributed by atoms with Gasteiger partial charge in [0.05, 0.1) is 13.2 Å². The van der Waals surface area contributed by atoms with Crippen molar-refractivity contribution in [3.8, 4) is 0 Å². The molecule has 3 nitrogen and oxygen atoms in total. The summed E-state index contributed by atoms with van der Waals surface area (Å²) in [6, 6.07) is 8.16. The van der Waals surface area contributed by atoms with E-state index in [2.05, 4.69) is 27.9 Å². The van der Waals surface area contributed by atoms with Gasteiger partial charge in [-0.2, -0.15) is 0 Å². The van der Waals surface area contributed by atoms with Crippen molar-refractivity contribution in [1.29, 1.82) is 0 Å². The molecule has 0 saturated carbocycles. The van der Waals surface area contributed by atoms with E-state index in [0.717, 1.165) is 5.56 Å².